The van der Waals surface area contributed by atoms with Crippen LogP contribution in [0.15, 0.2) is 18.2 Å². The summed E-state index contributed by atoms with van der Waals surface area (Å²) in [5.41, 5.74) is 7.11. The normalized spacial score (nSPS) is 29.0. The van der Waals surface area contributed by atoms with E-state index in [1.165, 1.54) is 0 Å². The van der Waals surface area contributed by atoms with E-state index in [1.807, 2.05) is 6.07 Å². The molecule has 2 aliphatic rings. The number of nitrogens with zero attached hydrogens (tertiary/aromatic N) is 2. The largest absolute Gasteiger partial charge is 0.506 e. The molecule has 74 valence electrons. The molecule has 2 heterocycles. The SMILES string of the molecule is Nc1cc(N2C3CNCN32)ccc1O. The maximum atomic E-state index is 9.28. The number of nitrogens with one attached hydrogen (secondary N) is 1. The summed E-state index contributed by atoms with van der Waals surface area (Å²) in [7, 11) is 0. The van der Waals surface area contributed by atoms with Crippen molar-refractivity contribution in [2.75, 3.05) is 24.0 Å². The van der Waals surface area contributed by atoms with Gasteiger partial charge in [-0.3, -0.25) is 10.3 Å². The fourth-order valence-corrected chi connectivity index (χ4v) is 1.94. The van der Waals surface area contributed by atoms with E-state index in [1.54, 1.807) is 12.1 Å². The fourth-order valence-electron chi connectivity index (χ4n) is 1.94. The summed E-state index contributed by atoms with van der Waals surface area (Å²) in [5.74, 6) is 0.147. The molecule has 5 heteroatoms. The zero-order chi connectivity index (χ0) is 9.71. The molecule has 2 aliphatic heterocycles. The van der Waals surface area contributed by atoms with Crippen molar-refractivity contribution in [3.8, 4) is 5.75 Å². The second-order valence-electron chi connectivity index (χ2n) is 3.62. The fraction of sp³-hybridized carbons (Fsp3) is 0.333. The van der Waals surface area contributed by atoms with Gasteiger partial charge in [0.25, 0.3) is 0 Å². The van der Waals surface area contributed by atoms with Crippen LogP contribution in [0.25, 0.3) is 0 Å². The van der Waals surface area contributed by atoms with Crippen LogP contribution in [0.4, 0.5) is 11.4 Å². The number of anilines is 2. The molecule has 0 saturated carbocycles. The highest BCUT2D eigenvalue weighted by molar-refractivity contribution is 5.64. The van der Waals surface area contributed by atoms with Gasteiger partial charge >= 0.3 is 0 Å². The molecular formula is C9H12N4O. The van der Waals surface area contributed by atoms with Crippen molar-refractivity contribution in [3.63, 3.8) is 0 Å². The highest BCUT2D eigenvalue weighted by Crippen LogP contribution is 2.37. The zero-order valence-electron chi connectivity index (χ0n) is 7.64. The van der Waals surface area contributed by atoms with Crippen LogP contribution in [0, 0.1) is 0 Å². The first kappa shape index (κ1) is 7.90. The highest BCUT2D eigenvalue weighted by Gasteiger charge is 2.48. The lowest BCUT2D eigenvalue weighted by molar-refractivity contribution is 0.478. The third kappa shape index (κ3) is 0.964. The van der Waals surface area contributed by atoms with Gasteiger partial charge in [0, 0.05) is 6.54 Å². The van der Waals surface area contributed by atoms with Gasteiger partial charge in [-0.05, 0) is 18.2 Å². The van der Waals surface area contributed by atoms with Gasteiger partial charge in [-0.15, -0.1) is 0 Å². The molecule has 2 fully saturated rings. The van der Waals surface area contributed by atoms with E-state index in [2.05, 4.69) is 15.3 Å². The van der Waals surface area contributed by atoms with Crippen molar-refractivity contribution in [2.45, 2.75) is 6.17 Å². The lowest BCUT2D eigenvalue weighted by Gasteiger charge is -2.09. The monoisotopic (exact) mass is 192 g/mol. The number of hydrogen-bond acceptors (Lipinski definition) is 5. The Balaban J connectivity index is 1.88. The number of phenols is 1. The Bertz CT molecular complexity index is 371. The lowest BCUT2D eigenvalue weighted by atomic mass is 10.2. The summed E-state index contributed by atoms with van der Waals surface area (Å²) in [6.45, 7) is 1.88. The minimum absolute atomic E-state index is 0.147. The number of nitrogens with two attached hydrogens (primary N) is 1. The van der Waals surface area contributed by atoms with Crippen molar-refractivity contribution >= 4 is 11.4 Å². The van der Waals surface area contributed by atoms with E-state index in [0.717, 1.165) is 18.9 Å². The molecule has 0 spiro atoms. The number of hydrazine groups is 1. The van der Waals surface area contributed by atoms with Gasteiger partial charge in [-0.25, -0.2) is 0 Å². The van der Waals surface area contributed by atoms with Crippen molar-refractivity contribution < 1.29 is 5.11 Å². The van der Waals surface area contributed by atoms with E-state index in [4.69, 9.17) is 5.73 Å². The molecule has 5 nitrogen and oxygen atoms in total. The molecule has 2 unspecified atom stereocenters. The van der Waals surface area contributed by atoms with Gasteiger partial charge in [0.2, 0.25) is 0 Å². The number of fused-ring (bicyclic) bond motifs is 1. The highest BCUT2D eigenvalue weighted by atomic mass is 16.3. The molecule has 4 N–H and O–H groups in total. The van der Waals surface area contributed by atoms with Crippen molar-refractivity contribution in [1.29, 1.82) is 0 Å². The van der Waals surface area contributed by atoms with E-state index in [-0.39, 0.29) is 5.75 Å². The van der Waals surface area contributed by atoms with Crippen molar-refractivity contribution in [2.24, 2.45) is 0 Å². The van der Waals surface area contributed by atoms with Gasteiger partial charge in [0.15, 0.2) is 0 Å². The summed E-state index contributed by atoms with van der Waals surface area (Å²) in [4.78, 5) is 0. The Morgan fingerprint density at radius 2 is 2.36 bits per heavy atom. The maximum absolute atomic E-state index is 9.28. The third-order valence-corrected chi connectivity index (χ3v) is 2.73. The first-order valence-electron chi connectivity index (χ1n) is 4.62. The van der Waals surface area contributed by atoms with E-state index < -0.39 is 0 Å². The molecule has 0 amide bonds. The number of aromatic hydroxyl groups is 1. The standard InChI is InChI=1S/C9H12N4O/c10-7-3-6(1-2-8(7)14)13-9-4-11-5-12(9)13/h1-3,9,11,14H,4-5,10H2. The molecule has 0 bridgehead atoms. The van der Waals surface area contributed by atoms with Crippen LogP contribution in [0.5, 0.6) is 5.75 Å². The van der Waals surface area contributed by atoms with Gasteiger partial charge in [0.05, 0.1) is 18.0 Å². The molecule has 0 aliphatic carbocycles. The quantitative estimate of drug-likeness (QED) is 0.329. The van der Waals surface area contributed by atoms with E-state index >= 15 is 0 Å². The van der Waals surface area contributed by atoms with Gasteiger partial charge in [0.1, 0.15) is 11.9 Å². The summed E-state index contributed by atoms with van der Waals surface area (Å²) < 4.78 is 0. The van der Waals surface area contributed by atoms with Crippen LogP contribution < -0.4 is 16.1 Å². The molecule has 3 rings (SSSR count). The van der Waals surface area contributed by atoms with Gasteiger partial charge < -0.3 is 10.8 Å². The second-order valence-corrected chi connectivity index (χ2v) is 3.62. The summed E-state index contributed by atoms with van der Waals surface area (Å²) >= 11 is 0. The molecule has 1 aromatic carbocycles. The minimum atomic E-state index is 0.147. The molecule has 2 atom stereocenters. The van der Waals surface area contributed by atoms with E-state index in [9.17, 15) is 5.11 Å². The summed E-state index contributed by atoms with van der Waals surface area (Å²) in [5, 5.41) is 16.9. The Labute approximate surface area is 81.7 Å². The van der Waals surface area contributed by atoms with Crippen LogP contribution in [0.1, 0.15) is 0 Å². The second kappa shape index (κ2) is 2.52. The summed E-state index contributed by atoms with van der Waals surface area (Å²) in [6, 6.07) is 5.31. The Hall–Kier alpha value is -1.46. The smallest absolute Gasteiger partial charge is 0.138 e. The lowest BCUT2D eigenvalue weighted by Crippen LogP contribution is -2.23. The molecule has 2 saturated heterocycles. The number of phenolic OH excluding ortho intramolecular Hbond substituents is 1. The molecule has 0 aromatic heterocycles. The number of benzene rings is 1. The summed E-state index contributed by atoms with van der Waals surface area (Å²) in [6.07, 6.45) is 0.471. The number of rotatable bonds is 1. The Morgan fingerprint density at radius 1 is 1.50 bits per heavy atom. The van der Waals surface area contributed by atoms with Crippen LogP contribution in [0.3, 0.4) is 0 Å². The van der Waals surface area contributed by atoms with Crippen LogP contribution in [-0.4, -0.2) is 29.5 Å². The minimum Gasteiger partial charge on any atom is -0.506 e. The molecule has 14 heavy (non-hydrogen) atoms. The third-order valence-electron chi connectivity index (χ3n) is 2.73. The topological polar surface area (TPSA) is 64.3 Å². The zero-order valence-corrected chi connectivity index (χ0v) is 7.64. The Morgan fingerprint density at radius 3 is 3.00 bits per heavy atom. The Kier molecular flexibility index (Phi) is 1.42. The van der Waals surface area contributed by atoms with Crippen LogP contribution >= 0.6 is 0 Å². The number of hydrogen-bond donors (Lipinski definition) is 3. The first-order chi connectivity index (χ1) is 6.77. The predicted molar refractivity (Wildman–Crippen MR) is 53.5 cm³/mol. The molecule has 1 aromatic rings. The van der Waals surface area contributed by atoms with Crippen LogP contribution in [0.2, 0.25) is 0 Å². The number of nitrogen functional groups attached to an aromatic ring is 1. The van der Waals surface area contributed by atoms with Crippen molar-refractivity contribution in [3.05, 3.63) is 18.2 Å². The predicted octanol–water partition coefficient (Wildman–Crippen LogP) is -0.102. The first-order valence-corrected chi connectivity index (χ1v) is 4.62. The average Bonchev–Trinajstić information content (AvgIpc) is 2.66. The molecule has 0 radical (unpaired) electrons. The average molecular weight is 192 g/mol. The molecular weight excluding hydrogens is 180 g/mol. The van der Waals surface area contributed by atoms with Crippen molar-refractivity contribution in [1.82, 2.24) is 10.3 Å². The maximum Gasteiger partial charge on any atom is 0.138 e. The van der Waals surface area contributed by atoms with Gasteiger partial charge in [-0.1, -0.05) is 0 Å². The van der Waals surface area contributed by atoms with Gasteiger partial charge in [-0.2, -0.15) is 5.01 Å². The van der Waals surface area contributed by atoms with E-state index in [0.29, 0.717) is 11.9 Å². The van der Waals surface area contributed by atoms with Crippen LogP contribution in [-0.2, 0) is 0 Å².